The monoisotopic (exact) mass is 462 g/mol. The summed E-state index contributed by atoms with van der Waals surface area (Å²) in [5.74, 6) is 1.70. The quantitative estimate of drug-likeness (QED) is 0.525. The predicted octanol–water partition coefficient (Wildman–Crippen LogP) is 0.915. The minimum absolute atomic E-state index is 0. The number of para-hydroxylation sites is 1. The Balaban J connectivity index is 0.00000245. The third kappa shape index (κ3) is 4.30. The molecule has 0 radical (unpaired) electrons. The van der Waals surface area contributed by atoms with Crippen LogP contribution in [0.1, 0.15) is 58.1 Å². The number of amides is 1. The second-order valence-corrected chi connectivity index (χ2v) is 10.1. The molecule has 1 amide bonds. The topological polar surface area (TPSA) is 76.6 Å². The molecule has 2 fully saturated rings. The van der Waals surface area contributed by atoms with Gasteiger partial charge in [0.25, 0.3) is 0 Å². The van der Waals surface area contributed by atoms with Crippen LogP contribution >= 0.6 is 0 Å². The molecule has 4 heterocycles. The van der Waals surface area contributed by atoms with E-state index in [1.807, 2.05) is 45.0 Å². The zero-order valence-electron chi connectivity index (χ0n) is 19.0. The second kappa shape index (κ2) is 8.63. The van der Waals surface area contributed by atoms with Crippen molar-refractivity contribution in [3.63, 3.8) is 0 Å². The largest absolute Gasteiger partial charge is 1.00 e. The van der Waals surface area contributed by atoms with Gasteiger partial charge in [0, 0.05) is 36.7 Å². The van der Waals surface area contributed by atoms with E-state index in [1.54, 1.807) is 12.4 Å². The average molecular weight is 463 g/mol. The average Bonchev–Trinajstić information content (AvgIpc) is 3.13. The van der Waals surface area contributed by atoms with Gasteiger partial charge < -0.3 is 32.3 Å². The first kappa shape index (κ1) is 23.5. The molecule has 1 N–H and O–H groups in total. The fourth-order valence-electron chi connectivity index (χ4n) is 5.39. The number of nitrogens with zero attached hydrogens (tertiary/aromatic N) is 3. The number of carbonyl (C=O) groups is 1. The van der Waals surface area contributed by atoms with Crippen LogP contribution in [0.25, 0.3) is 0 Å². The summed E-state index contributed by atoms with van der Waals surface area (Å²) in [6.07, 6.45) is 6.69. The molecule has 2 aromatic rings. The number of anilines is 1. The molecule has 0 aliphatic carbocycles. The maximum Gasteiger partial charge on any atom is 1.00 e. The number of fused-ring (bicyclic) bond motifs is 3. The minimum atomic E-state index is -0.561. The molecule has 7 nitrogen and oxygen atoms in total. The van der Waals surface area contributed by atoms with E-state index in [9.17, 15) is 4.79 Å². The van der Waals surface area contributed by atoms with E-state index in [4.69, 9.17) is 22.1 Å². The van der Waals surface area contributed by atoms with Crippen LogP contribution in [0.15, 0.2) is 41.7 Å². The normalized spacial score (nSPS) is 28.0. The molecule has 3 aliphatic heterocycles. The smallest absolute Gasteiger partial charge is 0.759 e. The Morgan fingerprint density at radius 3 is 2.50 bits per heavy atom. The first-order valence-corrected chi connectivity index (χ1v) is 11.2. The molecular formula is C23H27N4NaO3S. The van der Waals surface area contributed by atoms with Gasteiger partial charge >= 0.3 is 35.7 Å². The minimum Gasteiger partial charge on any atom is -0.759 e. The summed E-state index contributed by atoms with van der Waals surface area (Å²) in [5.41, 5.74) is -0.0564. The molecule has 0 saturated carbocycles. The van der Waals surface area contributed by atoms with Gasteiger partial charge in [-0.25, -0.2) is 9.78 Å². The van der Waals surface area contributed by atoms with Gasteiger partial charge in [0.2, 0.25) is 0 Å². The molecule has 0 unspecified atom stereocenters. The Kier molecular flexibility index (Phi) is 6.35. The van der Waals surface area contributed by atoms with Crippen LogP contribution < -0.4 is 44.5 Å². The number of piperidine rings is 1. The number of hydrogen-bond donors (Lipinski definition) is 1. The van der Waals surface area contributed by atoms with Crippen LogP contribution in [0.3, 0.4) is 0 Å². The molecule has 1 aromatic carbocycles. The number of benzene rings is 1. The molecule has 3 aliphatic rings. The van der Waals surface area contributed by atoms with E-state index in [0.29, 0.717) is 5.03 Å². The van der Waals surface area contributed by atoms with Crippen molar-refractivity contribution in [2.24, 2.45) is 0 Å². The fourth-order valence-corrected chi connectivity index (χ4v) is 5.49. The Hall–Kier alpha value is -1.61. The van der Waals surface area contributed by atoms with E-state index in [-0.39, 0.29) is 47.7 Å². The summed E-state index contributed by atoms with van der Waals surface area (Å²) in [7, 11) is 0. The van der Waals surface area contributed by atoms with E-state index in [1.165, 1.54) is 0 Å². The number of ether oxygens (including phenoxy) is 2. The third-order valence-corrected chi connectivity index (χ3v) is 6.60. The number of aromatic nitrogens is 2. The van der Waals surface area contributed by atoms with Crippen LogP contribution in [0.2, 0.25) is 0 Å². The van der Waals surface area contributed by atoms with Gasteiger partial charge in [0.15, 0.2) is 0 Å². The van der Waals surface area contributed by atoms with Crippen LogP contribution in [-0.4, -0.2) is 39.3 Å². The summed E-state index contributed by atoms with van der Waals surface area (Å²) >= 11 is 5.10. The third-order valence-electron chi connectivity index (χ3n) is 6.39. The molecular weight excluding hydrogens is 435 g/mol. The summed E-state index contributed by atoms with van der Waals surface area (Å²) in [5, 5.41) is 3.64. The van der Waals surface area contributed by atoms with Crippen LogP contribution in [0.5, 0.6) is 5.75 Å². The fraction of sp³-hybridized carbons (Fsp3) is 0.522. The number of alkyl carbamates (subject to hydrolysis) is 1. The Bertz CT molecular complexity index is 983. The molecule has 5 rings (SSSR count). The molecule has 9 heteroatoms. The van der Waals surface area contributed by atoms with Gasteiger partial charge in [-0.15, -0.1) is 0 Å². The molecule has 2 saturated heterocycles. The van der Waals surface area contributed by atoms with Crippen molar-refractivity contribution >= 4 is 24.5 Å². The number of nitrogens with one attached hydrogen (secondary N) is 1. The number of rotatable bonds is 2. The first-order chi connectivity index (χ1) is 14.7. The summed E-state index contributed by atoms with van der Waals surface area (Å²) in [4.78, 5) is 23.9. The Morgan fingerprint density at radius 1 is 1.19 bits per heavy atom. The predicted molar refractivity (Wildman–Crippen MR) is 118 cm³/mol. The molecule has 1 aromatic heterocycles. The van der Waals surface area contributed by atoms with Crippen molar-refractivity contribution in [2.75, 3.05) is 4.90 Å². The van der Waals surface area contributed by atoms with Crippen molar-refractivity contribution in [2.45, 2.75) is 80.8 Å². The Labute approximate surface area is 216 Å². The van der Waals surface area contributed by atoms with Gasteiger partial charge in [0.05, 0.1) is 6.20 Å². The van der Waals surface area contributed by atoms with Crippen molar-refractivity contribution in [3.05, 3.63) is 42.2 Å². The maximum atomic E-state index is 12.7. The van der Waals surface area contributed by atoms with Crippen molar-refractivity contribution in [1.29, 1.82) is 0 Å². The van der Waals surface area contributed by atoms with Crippen molar-refractivity contribution in [3.8, 4) is 5.75 Å². The maximum absolute atomic E-state index is 12.7. The molecule has 164 valence electrons. The zero-order chi connectivity index (χ0) is 21.8. The van der Waals surface area contributed by atoms with E-state index >= 15 is 0 Å². The number of carbonyl (C=O) groups excluding carboxylic acids is 1. The van der Waals surface area contributed by atoms with Gasteiger partial charge in [0.1, 0.15) is 28.8 Å². The van der Waals surface area contributed by atoms with Crippen molar-refractivity contribution < 1.29 is 43.8 Å². The van der Waals surface area contributed by atoms with Gasteiger partial charge in [-0.1, -0.05) is 23.2 Å². The van der Waals surface area contributed by atoms with Crippen LogP contribution in [-0.2, 0) is 17.4 Å². The molecule has 2 bridgehead atoms. The van der Waals surface area contributed by atoms with Crippen LogP contribution in [0.4, 0.5) is 10.6 Å². The van der Waals surface area contributed by atoms with E-state index in [2.05, 4.69) is 20.2 Å². The van der Waals surface area contributed by atoms with Crippen molar-refractivity contribution in [1.82, 2.24) is 15.3 Å². The Morgan fingerprint density at radius 2 is 1.88 bits per heavy atom. The van der Waals surface area contributed by atoms with E-state index in [0.717, 1.165) is 42.8 Å². The van der Waals surface area contributed by atoms with Gasteiger partial charge in [-0.05, 0) is 39.7 Å². The molecule has 32 heavy (non-hydrogen) atoms. The summed E-state index contributed by atoms with van der Waals surface area (Å²) in [6, 6.07) is 8.25. The van der Waals surface area contributed by atoms with E-state index < -0.39 is 17.3 Å². The summed E-state index contributed by atoms with van der Waals surface area (Å²) in [6.45, 7) is 5.61. The first-order valence-electron chi connectivity index (χ1n) is 10.8. The second-order valence-electron chi connectivity index (χ2n) is 9.70. The van der Waals surface area contributed by atoms with Gasteiger partial charge in [-0.3, -0.25) is 4.98 Å². The van der Waals surface area contributed by atoms with Gasteiger partial charge in [-0.2, -0.15) is 0 Å². The number of hydrogen-bond acceptors (Lipinski definition) is 7. The zero-order valence-corrected chi connectivity index (χ0v) is 21.8. The SMILES string of the molecule is CC(C)(C)OC(=O)N[C@@H]1c2ccccc2O[C@@]12C[C@H]1CC[C@@H](C2)N1c1cnc([S-])cn1.[Na+]. The standard InChI is InChI=1S/C23H28N4O3S.Na/c1-22(2,3)30-21(28)26-20-16-6-4-5-7-17(16)29-23(20)10-14-8-9-15(11-23)27(14)18-12-25-19(31)13-24-18;/h4-7,12-15,20H,8-11H2,1-3H3,(H,25,31)(H,26,28);/q;+1/p-1/t14-,15+,20-,23-;/m1./s1. The molecule has 4 atom stereocenters. The summed E-state index contributed by atoms with van der Waals surface area (Å²) < 4.78 is 12.2. The van der Waals surface area contributed by atoms with Crippen LogP contribution in [0, 0.1) is 0 Å². The molecule has 1 spiro atoms.